The van der Waals surface area contributed by atoms with Gasteiger partial charge in [-0.1, -0.05) is 18.2 Å². The molecule has 0 N–H and O–H groups in total. The maximum absolute atomic E-state index is 12.7. The molecule has 1 aromatic carbocycles. The molecule has 28 heavy (non-hydrogen) atoms. The van der Waals surface area contributed by atoms with E-state index in [1.54, 1.807) is 24.4 Å². The lowest BCUT2D eigenvalue weighted by molar-refractivity contribution is 0.0572. The number of carbonyl (C=O) groups excluding carboxylic acids is 1. The number of likely N-dealkylation sites (tertiary alicyclic amines) is 1. The third-order valence-electron chi connectivity index (χ3n) is 4.54. The van der Waals surface area contributed by atoms with Gasteiger partial charge in [0.2, 0.25) is 0 Å². The molecule has 0 unspecified atom stereocenters. The molecule has 1 amide bonds. The predicted molar refractivity (Wildman–Crippen MR) is 99.5 cm³/mol. The van der Waals surface area contributed by atoms with Crippen molar-refractivity contribution in [1.29, 1.82) is 0 Å². The fraction of sp³-hybridized carbons (Fsp3) is 0.316. The van der Waals surface area contributed by atoms with E-state index in [0.29, 0.717) is 43.4 Å². The van der Waals surface area contributed by atoms with Crippen molar-refractivity contribution in [1.82, 2.24) is 29.9 Å². The first-order valence-electron chi connectivity index (χ1n) is 9.02. The summed E-state index contributed by atoms with van der Waals surface area (Å²) in [5.74, 6) is 0.456. The summed E-state index contributed by atoms with van der Waals surface area (Å²) >= 11 is 0. The molecular weight excluding hydrogens is 360 g/mol. The van der Waals surface area contributed by atoms with Crippen molar-refractivity contribution in [3.63, 3.8) is 0 Å². The van der Waals surface area contributed by atoms with Gasteiger partial charge >= 0.3 is 6.01 Å². The summed E-state index contributed by atoms with van der Waals surface area (Å²) in [6.45, 7) is 1.16. The van der Waals surface area contributed by atoms with E-state index in [0.717, 1.165) is 5.69 Å². The standard InChI is InChI=1S/C19H20N6O3/c1-27-16-11-20-19(21-12-16)28-15-7-9-24(10-8-15)18(26)17-13-22-25(23-17)14-5-3-2-4-6-14/h2-6,11-13,15H,7-10H2,1H3. The van der Waals surface area contributed by atoms with Crippen LogP contribution in [0.3, 0.4) is 0 Å². The number of hydrogen-bond donors (Lipinski definition) is 0. The fourth-order valence-electron chi connectivity index (χ4n) is 3.01. The summed E-state index contributed by atoms with van der Waals surface area (Å²) in [7, 11) is 1.56. The Morgan fingerprint density at radius 1 is 1.07 bits per heavy atom. The minimum atomic E-state index is -0.124. The highest BCUT2D eigenvalue weighted by Crippen LogP contribution is 2.18. The third kappa shape index (κ3) is 3.93. The first-order valence-corrected chi connectivity index (χ1v) is 9.02. The number of carbonyl (C=O) groups is 1. The van der Waals surface area contributed by atoms with Gasteiger partial charge in [0.1, 0.15) is 6.10 Å². The van der Waals surface area contributed by atoms with Crippen LogP contribution in [0, 0.1) is 0 Å². The highest BCUT2D eigenvalue weighted by atomic mass is 16.5. The Kier molecular flexibility index (Phi) is 5.14. The minimum Gasteiger partial charge on any atom is -0.494 e. The lowest BCUT2D eigenvalue weighted by Gasteiger charge is -2.31. The molecule has 9 heteroatoms. The average Bonchev–Trinajstić information content (AvgIpc) is 3.25. The van der Waals surface area contributed by atoms with E-state index >= 15 is 0 Å². The van der Waals surface area contributed by atoms with Gasteiger partial charge in [-0.3, -0.25) is 4.79 Å². The van der Waals surface area contributed by atoms with Crippen LogP contribution in [0.2, 0.25) is 0 Å². The van der Waals surface area contributed by atoms with Crippen molar-refractivity contribution in [3.8, 4) is 17.4 Å². The zero-order valence-corrected chi connectivity index (χ0v) is 15.4. The number of benzene rings is 1. The lowest BCUT2D eigenvalue weighted by Crippen LogP contribution is -2.42. The number of hydrogen-bond acceptors (Lipinski definition) is 7. The summed E-state index contributed by atoms with van der Waals surface area (Å²) in [5.41, 5.74) is 1.15. The van der Waals surface area contributed by atoms with Crippen LogP contribution in [0.5, 0.6) is 11.8 Å². The van der Waals surface area contributed by atoms with Crippen molar-refractivity contribution >= 4 is 5.91 Å². The summed E-state index contributed by atoms with van der Waals surface area (Å²) < 4.78 is 10.8. The molecule has 9 nitrogen and oxygen atoms in total. The van der Waals surface area contributed by atoms with E-state index in [1.165, 1.54) is 11.0 Å². The number of ether oxygens (including phenoxy) is 2. The first kappa shape index (κ1) is 17.9. The molecule has 0 aliphatic carbocycles. The Bertz CT molecular complexity index is 920. The Morgan fingerprint density at radius 3 is 2.46 bits per heavy atom. The highest BCUT2D eigenvalue weighted by molar-refractivity contribution is 5.92. The minimum absolute atomic E-state index is 0.0301. The Hall–Kier alpha value is -3.49. The van der Waals surface area contributed by atoms with Gasteiger partial charge in [0.25, 0.3) is 5.91 Å². The zero-order chi connectivity index (χ0) is 19.3. The molecular formula is C19H20N6O3. The summed E-state index contributed by atoms with van der Waals surface area (Å²) in [4.78, 5) is 24.2. The molecule has 3 heterocycles. The van der Waals surface area contributed by atoms with Crippen LogP contribution in [0.25, 0.3) is 5.69 Å². The molecule has 0 radical (unpaired) electrons. The van der Waals surface area contributed by atoms with Gasteiger partial charge in [0.05, 0.1) is 31.4 Å². The van der Waals surface area contributed by atoms with Gasteiger partial charge < -0.3 is 14.4 Å². The number of methoxy groups -OCH3 is 1. The van der Waals surface area contributed by atoms with Crippen molar-refractivity contribution in [2.75, 3.05) is 20.2 Å². The molecule has 3 aromatic rings. The molecule has 4 rings (SSSR count). The van der Waals surface area contributed by atoms with Crippen molar-refractivity contribution in [2.45, 2.75) is 18.9 Å². The quantitative estimate of drug-likeness (QED) is 0.665. The van der Waals surface area contributed by atoms with Gasteiger partial charge in [-0.05, 0) is 12.1 Å². The molecule has 0 bridgehead atoms. The zero-order valence-electron chi connectivity index (χ0n) is 15.4. The van der Waals surface area contributed by atoms with Crippen LogP contribution < -0.4 is 9.47 Å². The molecule has 1 aliphatic heterocycles. The van der Waals surface area contributed by atoms with Crippen molar-refractivity contribution in [3.05, 3.63) is 54.6 Å². The molecule has 0 saturated carbocycles. The van der Waals surface area contributed by atoms with Gasteiger partial charge in [-0.15, -0.1) is 5.10 Å². The molecule has 1 aliphatic rings. The Morgan fingerprint density at radius 2 is 1.79 bits per heavy atom. The summed E-state index contributed by atoms with van der Waals surface area (Å²) in [5, 5.41) is 8.50. The van der Waals surface area contributed by atoms with E-state index in [2.05, 4.69) is 20.2 Å². The SMILES string of the molecule is COc1cnc(OC2CCN(C(=O)c3cnn(-c4ccccc4)n3)CC2)nc1. The van der Waals surface area contributed by atoms with E-state index in [-0.39, 0.29) is 12.0 Å². The predicted octanol–water partition coefficient (Wildman–Crippen LogP) is 1.75. The smallest absolute Gasteiger partial charge is 0.316 e. The van der Waals surface area contributed by atoms with E-state index in [9.17, 15) is 4.79 Å². The van der Waals surface area contributed by atoms with E-state index in [4.69, 9.17) is 9.47 Å². The number of amides is 1. The first-order chi connectivity index (χ1) is 13.7. The number of piperidine rings is 1. The van der Waals surface area contributed by atoms with Crippen LogP contribution in [0.4, 0.5) is 0 Å². The van der Waals surface area contributed by atoms with Crippen LogP contribution in [-0.4, -0.2) is 62.1 Å². The van der Waals surface area contributed by atoms with E-state index < -0.39 is 0 Å². The average molecular weight is 380 g/mol. The van der Waals surface area contributed by atoms with Crippen LogP contribution in [0.15, 0.2) is 48.9 Å². The topological polar surface area (TPSA) is 95.3 Å². The number of aromatic nitrogens is 5. The maximum Gasteiger partial charge on any atom is 0.316 e. The molecule has 1 fully saturated rings. The summed E-state index contributed by atoms with van der Waals surface area (Å²) in [6, 6.07) is 9.81. The molecule has 0 atom stereocenters. The van der Waals surface area contributed by atoms with Gasteiger partial charge in [-0.2, -0.15) is 19.9 Å². The monoisotopic (exact) mass is 380 g/mol. The van der Waals surface area contributed by atoms with Crippen LogP contribution in [0.1, 0.15) is 23.3 Å². The van der Waals surface area contributed by atoms with Crippen molar-refractivity contribution in [2.24, 2.45) is 0 Å². The van der Waals surface area contributed by atoms with Gasteiger partial charge in [0, 0.05) is 25.9 Å². The normalized spacial score (nSPS) is 14.7. The highest BCUT2D eigenvalue weighted by Gasteiger charge is 2.26. The second-order valence-corrected chi connectivity index (χ2v) is 6.37. The number of nitrogens with zero attached hydrogens (tertiary/aromatic N) is 6. The fourth-order valence-corrected chi connectivity index (χ4v) is 3.01. The van der Waals surface area contributed by atoms with E-state index in [1.807, 2.05) is 30.3 Å². The van der Waals surface area contributed by atoms with Crippen molar-refractivity contribution < 1.29 is 14.3 Å². The largest absolute Gasteiger partial charge is 0.494 e. The van der Waals surface area contributed by atoms with Crippen LogP contribution >= 0.6 is 0 Å². The molecule has 0 spiro atoms. The summed E-state index contributed by atoms with van der Waals surface area (Å²) in [6.07, 6.45) is 6.01. The lowest BCUT2D eigenvalue weighted by atomic mass is 10.1. The van der Waals surface area contributed by atoms with Gasteiger partial charge in [-0.25, -0.2) is 0 Å². The Labute approximate surface area is 161 Å². The maximum atomic E-state index is 12.7. The second kappa shape index (κ2) is 8.03. The third-order valence-corrected chi connectivity index (χ3v) is 4.54. The second-order valence-electron chi connectivity index (χ2n) is 6.37. The number of para-hydroxylation sites is 1. The van der Waals surface area contributed by atoms with Crippen LogP contribution in [-0.2, 0) is 0 Å². The molecule has 2 aromatic heterocycles. The molecule has 144 valence electrons. The van der Waals surface area contributed by atoms with Gasteiger partial charge in [0.15, 0.2) is 11.4 Å². The number of rotatable bonds is 5. The molecule has 1 saturated heterocycles. The Balaban J connectivity index is 1.33.